The van der Waals surface area contributed by atoms with Gasteiger partial charge in [-0.25, -0.2) is 0 Å². The first-order chi connectivity index (χ1) is 11.1. The molecule has 124 valence electrons. The maximum Gasteiger partial charge on any atom is 0.0681 e. The molecule has 3 nitrogen and oxygen atoms in total. The third-order valence-electron chi connectivity index (χ3n) is 4.20. The topological polar surface area (TPSA) is 52.5 Å². The first-order valence-electron chi connectivity index (χ1n) is 8.26. The van der Waals surface area contributed by atoms with Gasteiger partial charge in [0.25, 0.3) is 0 Å². The highest BCUT2D eigenvalue weighted by Gasteiger charge is 2.15. The van der Waals surface area contributed by atoms with E-state index in [0.717, 1.165) is 18.5 Å². The van der Waals surface area contributed by atoms with Crippen molar-refractivity contribution in [3.05, 3.63) is 71.3 Å². The molecule has 0 amide bonds. The van der Waals surface area contributed by atoms with E-state index in [1.54, 1.807) is 0 Å². The highest BCUT2D eigenvalue weighted by Crippen LogP contribution is 2.22. The van der Waals surface area contributed by atoms with Gasteiger partial charge >= 0.3 is 0 Å². The van der Waals surface area contributed by atoms with Crippen LogP contribution in [-0.2, 0) is 6.61 Å². The summed E-state index contributed by atoms with van der Waals surface area (Å²) in [5.74, 6) is 0.277. The first-order valence-corrected chi connectivity index (χ1v) is 8.26. The molecule has 3 N–H and O–H groups in total. The molecule has 2 aromatic carbocycles. The SMILES string of the molecule is CC(O)CC(CNC(C)c1cccc(CO)c1)c1ccccc1. The van der Waals surface area contributed by atoms with Gasteiger partial charge in [-0.05, 0) is 42.9 Å². The smallest absolute Gasteiger partial charge is 0.0681 e. The Bertz CT molecular complexity index is 583. The summed E-state index contributed by atoms with van der Waals surface area (Å²) in [7, 11) is 0. The molecule has 0 aliphatic carbocycles. The maximum absolute atomic E-state index is 9.78. The molecular formula is C20H27NO2. The molecule has 2 rings (SSSR count). The predicted octanol–water partition coefficient (Wildman–Crippen LogP) is 3.38. The monoisotopic (exact) mass is 313 g/mol. The fourth-order valence-electron chi connectivity index (χ4n) is 2.87. The number of aliphatic hydroxyl groups is 2. The van der Waals surface area contributed by atoms with Crippen molar-refractivity contribution in [1.29, 1.82) is 0 Å². The van der Waals surface area contributed by atoms with E-state index < -0.39 is 0 Å². The molecule has 23 heavy (non-hydrogen) atoms. The van der Waals surface area contributed by atoms with Crippen molar-refractivity contribution in [2.24, 2.45) is 0 Å². The maximum atomic E-state index is 9.78. The van der Waals surface area contributed by atoms with Gasteiger partial charge < -0.3 is 15.5 Å². The second-order valence-electron chi connectivity index (χ2n) is 6.23. The number of rotatable bonds is 8. The van der Waals surface area contributed by atoms with E-state index in [1.807, 2.05) is 43.3 Å². The van der Waals surface area contributed by atoms with Gasteiger partial charge in [0.1, 0.15) is 0 Å². The Morgan fingerprint density at radius 2 is 1.65 bits per heavy atom. The Morgan fingerprint density at radius 3 is 2.30 bits per heavy atom. The van der Waals surface area contributed by atoms with Crippen molar-refractivity contribution in [3.8, 4) is 0 Å². The molecule has 3 atom stereocenters. The minimum atomic E-state index is -0.324. The van der Waals surface area contributed by atoms with E-state index in [4.69, 9.17) is 0 Å². The summed E-state index contributed by atoms with van der Waals surface area (Å²) in [6.07, 6.45) is 0.412. The number of aliphatic hydroxyl groups excluding tert-OH is 2. The third kappa shape index (κ3) is 5.47. The van der Waals surface area contributed by atoms with Crippen LogP contribution in [0.2, 0.25) is 0 Å². The Morgan fingerprint density at radius 1 is 0.957 bits per heavy atom. The summed E-state index contributed by atoms with van der Waals surface area (Å²) in [5.41, 5.74) is 3.34. The predicted molar refractivity (Wildman–Crippen MR) is 94.3 cm³/mol. The molecule has 3 unspecified atom stereocenters. The van der Waals surface area contributed by atoms with Crippen molar-refractivity contribution >= 4 is 0 Å². The van der Waals surface area contributed by atoms with Gasteiger partial charge in [0, 0.05) is 12.6 Å². The summed E-state index contributed by atoms with van der Waals surface area (Å²) in [6.45, 7) is 4.83. The second kappa shape index (κ2) is 8.82. The molecule has 3 heteroatoms. The van der Waals surface area contributed by atoms with Crippen LogP contribution in [0.5, 0.6) is 0 Å². The number of hydrogen-bond acceptors (Lipinski definition) is 3. The lowest BCUT2D eigenvalue weighted by Gasteiger charge is -2.23. The third-order valence-corrected chi connectivity index (χ3v) is 4.20. The summed E-state index contributed by atoms with van der Waals surface area (Å²) in [4.78, 5) is 0. The van der Waals surface area contributed by atoms with Crippen LogP contribution in [0.4, 0.5) is 0 Å². The Labute approximate surface area is 139 Å². The summed E-state index contributed by atoms with van der Waals surface area (Å²) in [6, 6.07) is 18.5. The molecule has 0 aromatic heterocycles. The Balaban J connectivity index is 2.02. The van der Waals surface area contributed by atoms with Crippen LogP contribution in [0.25, 0.3) is 0 Å². The van der Waals surface area contributed by atoms with Crippen molar-refractivity contribution in [2.75, 3.05) is 6.54 Å². The second-order valence-corrected chi connectivity index (χ2v) is 6.23. The van der Waals surface area contributed by atoms with Crippen molar-refractivity contribution < 1.29 is 10.2 Å². The minimum absolute atomic E-state index is 0.0647. The lowest BCUT2D eigenvalue weighted by atomic mass is 9.93. The fourth-order valence-corrected chi connectivity index (χ4v) is 2.87. The molecule has 0 saturated carbocycles. The van der Waals surface area contributed by atoms with Crippen LogP contribution in [0, 0.1) is 0 Å². The zero-order valence-electron chi connectivity index (χ0n) is 13.9. The highest BCUT2D eigenvalue weighted by atomic mass is 16.3. The molecule has 0 bridgehead atoms. The van der Waals surface area contributed by atoms with Gasteiger partial charge in [-0.1, -0.05) is 54.6 Å². The normalized spacial score (nSPS) is 15.1. The highest BCUT2D eigenvalue weighted by molar-refractivity contribution is 5.25. The van der Waals surface area contributed by atoms with Crippen LogP contribution in [0.3, 0.4) is 0 Å². The van der Waals surface area contributed by atoms with E-state index in [2.05, 4.69) is 30.4 Å². The Hall–Kier alpha value is -1.68. The molecule has 0 spiro atoms. The van der Waals surface area contributed by atoms with E-state index in [9.17, 15) is 10.2 Å². The lowest BCUT2D eigenvalue weighted by Crippen LogP contribution is -2.26. The Kier molecular flexibility index (Phi) is 6.78. The summed E-state index contributed by atoms with van der Waals surface area (Å²) < 4.78 is 0. The summed E-state index contributed by atoms with van der Waals surface area (Å²) >= 11 is 0. The zero-order chi connectivity index (χ0) is 16.7. The van der Waals surface area contributed by atoms with E-state index in [0.29, 0.717) is 0 Å². The molecule has 0 saturated heterocycles. The molecule has 0 fully saturated rings. The van der Waals surface area contributed by atoms with Gasteiger partial charge in [-0.2, -0.15) is 0 Å². The molecular weight excluding hydrogens is 286 g/mol. The lowest BCUT2D eigenvalue weighted by molar-refractivity contribution is 0.173. The van der Waals surface area contributed by atoms with Crippen molar-refractivity contribution in [1.82, 2.24) is 5.32 Å². The van der Waals surface area contributed by atoms with E-state index in [1.165, 1.54) is 11.1 Å². The molecule has 0 aliphatic heterocycles. The van der Waals surface area contributed by atoms with Gasteiger partial charge in [-0.3, -0.25) is 0 Å². The standard InChI is InChI=1S/C20H27NO2/c1-15(23)11-20(18-8-4-3-5-9-18)13-21-16(2)19-10-6-7-17(12-19)14-22/h3-10,12,15-16,20-23H,11,13-14H2,1-2H3. The summed E-state index contributed by atoms with van der Waals surface area (Å²) in [5, 5.41) is 22.6. The number of nitrogens with one attached hydrogen (secondary N) is 1. The van der Waals surface area contributed by atoms with Gasteiger partial charge in [0.2, 0.25) is 0 Å². The largest absolute Gasteiger partial charge is 0.393 e. The van der Waals surface area contributed by atoms with Crippen LogP contribution >= 0.6 is 0 Å². The fraction of sp³-hybridized carbons (Fsp3) is 0.400. The van der Waals surface area contributed by atoms with Crippen molar-refractivity contribution in [2.45, 2.75) is 44.9 Å². The van der Waals surface area contributed by atoms with Crippen LogP contribution in [-0.4, -0.2) is 22.9 Å². The van der Waals surface area contributed by atoms with E-state index in [-0.39, 0.29) is 24.7 Å². The quantitative estimate of drug-likeness (QED) is 0.700. The van der Waals surface area contributed by atoms with Crippen LogP contribution < -0.4 is 5.32 Å². The van der Waals surface area contributed by atoms with Gasteiger partial charge in [-0.15, -0.1) is 0 Å². The molecule has 0 aliphatic rings. The number of benzene rings is 2. The number of hydrogen-bond donors (Lipinski definition) is 3. The van der Waals surface area contributed by atoms with Gasteiger partial charge in [0.05, 0.1) is 12.7 Å². The van der Waals surface area contributed by atoms with Crippen LogP contribution in [0.1, 0.15) is 48.9 Å². The molecule has 0 radical (unpaired) electrons. The molecule has 2 aromatic rings. The van der Waals surface area contributed by atoms with Crippen molar-refractivity contribution in [3.63, 3.8) is 0 Å². The molecule has 0 heterocycles. The van der Waals surface area contributed by atoms with Gasteiger partial charge in [0.15, 0.2) is 0 Å². The van der Waals surface area contributed by atoms with E-state index >= 15 is 0 Å². The zero-order valence-corrected chi connectivity index (χ0v) is 13.9. The average Bonchev–Trinajstić information content (AvgIpc) is 2.58. The average molecular weight is 313 g/mol. The first kappa shape index (κ1) is 17.7. The van der Waals surface area contributed by atoms with Crippen LogP contribution in [0.15, 0.2) is 54.6 Å². The minimum Gasteiger partial charge on any atom is -0.393 e.